The van der Waals surface area contributed by atoms with Crippen molar-refractivity contribution in [3.05, 3.63) is 59.4 Å². The summed E-state index contributed by atoms with van der Waals surface area (Å²) in [5, 5.41) is 2.76. The molecule has 1 unspecified atom stereocenters. The molecule has 1 aromatic carbocycles. The van der Waals surface area contributed by atoms with Gasteiger partial charge >= 0.3 is 5.97 Å². The Kier molecular flexibility index (Phi) is 6.59. The van der Waals surface area contributed by atoms with Gasteiger partial charge in [0, 0.05) is 30.0 Å². The fraction of sp³-hybridized carbons (Fsp3) is 0.364. The van der Waals surface area contributed by atoms with Crippen LogP contribution < -0.4 is 5.32 Å². The summed E-state index contributed by atoms with van der Waals surface area (Å²) in [4.78, 5) is 43.1. The number of nitrogens with one attached hydrogen (secondary N) is 1. The number of likely N-dealkylation sites (tertiary alicyclic amines) is 1. The number of anilines is 1. The number of aromatic nitrogens is 1. The molecule has 1 aliphatic rings. The summed E-state index contributed by atoms with van der Waals surface area (Å²) >= 11 is 0. The standard InChI is InChI=1S/C22H25N3O4/c1-3-18-6-4-5-13-25(18)21(27)19-14-16(11-12-23-19)20(26)24-17-9-7-15(8-10-17)22(28)29-2/h7-12,14,18H,3-6,13H2,1-2H3,(H,24,26). The van der Waals surface area contributed by atoms with Gasteiger partial charge in [-0.05, 0) is 62.1 Å². The van der Waals surface area contributed by atoms with Gasteiger partial charge in [0.05, 0.1) is 12.7 Å². The number of methoxy groups -OCH3 is 1. The van der Waals surface area contributed by atoms with Crippen molar-refractivity contribution < 1.29 is 19.1 Å². The minimum atomic E-state index is -0.441. The Bertz CT molecular complexity index is 895. The number of carbonyl (C=O) groups is 3. The topological polar surface area (TPSA) is 88.6 Å². The Labute approximate surface area is 170 Å². The molecule has 1 saturated heterocycles. The lowest BCUT2D eigenvalue weighted by Gasteiger charge is -2.35. The largest absolute Gasteiger partial charge is 0.465 e. The molecule has 7 nitrogen and oxygen atoms in total. The van der Waals surface area contributed by atoms with Crippen molar-refractivity contribution in [1.29, 1.82) is 0 Å². The maximum absolute atomic E-state index is 12.9. The monoisotopic (exact) mass is 395 g/mol. The van der Waals surface area contributed by atoms with E-state index in [0.29, 0.717) is 16.8 Å². The molecule has 1 N–H and O–H groups in total. The summed E-state index contributed by atoms with van der Waals surface area (Å²) in [6.07, 6.45) is 5.52. The molecule has 0 saturated carbocycles. The minimum absolute atomic E-state index is 0.131. The molecule has 0 aliphatic carbocycles. The van der Waals surface area contributed by atoms with Crippen molar-refractivity contribution in [3.8, 4) is 0 Å². The first-order chi connectivity index (χ1) is 14.0. The first kappa shape index (κ1) is 20.5. The molecular formula is C22H25N3O4. The highest BCUT2D eigenvalue weighted by Crippen LogP contribution is 2.21. The van der Waals surface area contributed by atoms with Gasteiger partial charge in [0.15, 0.2) is 0 Å². The predicted octanol–water partition coefficient (Wildman–Crippen LogP) is 3.53. The first-order valence-electron chi connectivity index (χ1n) is 9.80. The molecular weight excluding hydrogens is 370 g/mol. The molecule has 0 spiro atoms. The van der Waals surface area contributed by atoms with E-state index >= 15 is 0 Å². The van der Waals surface area contributed by atoms with Crippen LogP contribution in [0.25, 0.3) is 0 Å². The van der Waals surface area contributed by atoms with Gasteiger partial charge in [0.2, 0.25) is 0 Å². The van der Waals surface area contributed by atoms with Gasteiger partial charge in [-0.15, -0.1) is 0 Å². The van der Waals surface area contributed by atoms with E-state index in [9.17, 15) is 14.4 Å². The van der Waals surface area contributed by atoms with Gasteiger partial charge in [0.1, 0.15) is 5.69 Å². The van der Waals surface area contributed by atoms with Crippen molar-refractivity contribution >= 4 is 23.5 Å². The van der Waals surface area contributed by atoms with Gasteiger partial charge in [-0.2, -0.15) is 0 Å². The van der Waals surface area contributed by atoms with Crippen LogP contribution in [0.15, 0.2) is 42.6 Å². The molecule has 1 aromatic heterocycles. The Hall–Kier alpha value is -3.22. The molecule has 0 bridgehead atoms. The number of benzene rings is 1. The summed E-state index contributed by atoms with van der Waals surface area (Å²) in [5.41, 5.74) is 1.56. The summed E-state index contributed by atoms with van der Waals surface area (Å²) in [6, 6.07) is 9.72. The molecule has 1 fully saturated rings. The normalized spacial score (nSPS) is 16.2. The highest BCUT2D eigenvalue weighted by atomic mass is 16.5. The third-order valence-electron chi connectivity index (χ3n) is 5.16. The maximum atomic E-state index is 12.9. The zero-order chi connectivity index (χ0) is 20.8. The molecule has 29 heavy (non-hydrogen) atoms. The summed E-state index contributed by atoms with van der Waals surface area (Å²) in [6.45, 7) is 2.81. The van der Waals surface area contributed by atoms with Crippen LogP contribution in [-0.2, 0) is 4.74 Å². The van der Waals surface area contributed by atoms with Crippen LogP contribution in [0.1, 0.15) is 63.8 Å². The summed E-state index contributed by atoms with van der Waals surface area (Å²) < 4.78 is 4.66. The summed E-state index contributed by atoms with van der Waals surface area (Å²) in [7, 11) is 1.31. The van der Waals surface area contributed by atoms with Crippen LogP contribution in [-0.4, -0.2) is 47.4 Å². The number of rotatable bonds is 5. The van der Waals surface area contributed by atoms with Crippen molar-refractivity contribution in [3.63, 3.8) is 0 Å². The van der Waals surface area contributed by atoms with Crippen molar-refractivity contribution in [2.75, 3.05) is 19.0 Å². The van der Waals surface area contributed by atoms with Crippen molar-refractivity contribution in [2.24, 2.45) is 0 Å². The van der Waals surface area contributed by atoms with Gasteiger partial charge in [0.25, 0.3) is 11.8 Å². The van der Waals surface area contributed by atoms with Gasteiger partial charge in [-0.1, -0.05) is 6.92 Å². The lowest BCUT2D eigenvalue weighted by atomic mass is 9.99. The zero-order valence-electron chi connectivity index (χ0n) is 16.7. The smallest absolute Gasteiger partial charge is 0.337 e. The van der Waals surface area contributed by atoms with Crippen LogP contribution >= 0.6 is 0 Å². The highest BCUT2D eigenvalue weighted by Gasteiger charge is 2.27. The SMILES string of the molecule is CCC1CCCCN1C(=O)c1cc(C(=O)Nc2ccc(C(=O)OC)cc2)ccn1. The van der Waals surface area contributed by atoms with Crippen LogP contribution in [0, 0.1) is 0 Å². The fourth-order valence-corrected chi connectivity index (χ4v) is 3.54. The number of esters is 1. The first-order valence-corrected chi connectivity index (χ1v) is 9.80. The predicted molar refractivity (Wildman–Crippen MR) is 109 cm³/mol. The third kappa shape index (κ3) is 4.80. The minimum Gasteiger partial charge on any atom is -0.465 e. The number of ether oxygens (including phenoxy) is 1. The molecule has 1 aliphatic heterocycles. The molecule has 2 aromatic rings. The third-order valence-corrected chi connectivity index (χ3v) is 5.16. The second-order valence-electron chi connectivity index (χ2n) is 7.01. The molecule has 7 heteroatoms. The quantitative estimate of drug-likeness (QED) is 0.783. The molecule has 3 rings (SSSR count). The van der Waals surface area contributed by atoms with Crippen LogP contribution in [0.4, 0.5) is 5.69 Å². The van der Waals surface area contributed by atoms with E-state index in [0.717, 1.165) is 32.2 Å². The van der Waals surface area contributed by atoms with E-state index in [-0.39, 0.29) is 23.6 Å². The van der Waals surface area contributed by atoms with E-state index < -0.39 is 5.97 Å². The van der Waals surface area contributed by atoms with E-state index in [1.165, 1.54) is 19.4 Å². The number of pyridine rings is 1. The zero-order valence-corrected chi connectivity index (χ0v) is 16.7. The number of amides is 2. The molecule has 2 amide bonds. The van der Waals surface area contributed by atoms with Crippen LogP contribution in [0.5, 0.6) is 0 Å². The van der Waals surface area contributed by atoms with Crippen LogP contribution in [0.3, 0.4) is 0 Å². The van der Waals surface area contributed by atoms with E-state index in [2.05, 4.69) is 22.0 Å². The number of piperidine rings is 1. The molecule has 2 heterocycles. The molecule has 0 radical (unpaired) electrons. The lowest BCUT2D eigenvalue weighted by Crippen LogP contribution is -2.43. The van der Waals surface area contributed by atoms with Gasteiger partial charge in [-0.3, -0.25) is 14.6 Å². The van der Waals surface area contributed by atoms with E-state index in [1.807, 2.05) is 4.90 Å². The Morgan fingerprint density at radius 3 is 2.59 bits per heavy atom. The maximum Gasteiger partial charge on any atom is 0.337 e. The van der Waals surface area contributed by atoms with Gasteiger partial charge < -0.3 is 15.0 Å². The molecule has 152 valence electrons. The van der Waals surface area contributed by atoms with Crippen molar-refractivity contribution in [2.45, 2.75) is 38.6 Å². The Balaban J connectivity index is 1.72. The lowest BCUT2D eigenvalue weighted by molar-refractivity contribution is 0.0593. The second kappa shape index (κ2) is 9.32. The van der Waals surface area contributed by atoms with Gasteiger partial charge in [-0.25, -0.2) is 4.79 Å². The summed E-state index contributed by atoms with van der Waals surface area (Å²) in [5.74, 6) is -0.921. The fourth-order valence-electron chi connectivity index (χ4n) is 3.54. The number of carbonyl (C=O) groups excluding carboxylic acids is 3. The molecule has 1 atom stereocenters. The van der Waals surface area contributed by atoms with Crippen LogP contribution in [0.2, 0.25) is 0 Å². The van der Waals surface area contributed by atoms with Crippen molar-refractivity contribution in [1.82, 2.24) is 9.88 Å². The number of nitrogens with zero attached hydrogens (tertiary/aromatic N) is 2. The number of hydrogen-bond donors (Lipinski definition) is 1. The van der Waals surface area contributed by atoms with E-state index in [1.54, 1.807) is 30.3 Å². The highest BCUT2D eigenvalue weighted by molar-refractivity contribution is 6.06. The Morgan fingerprint density at radius 2 is 1.90 bits per heavy atom. The average molecular weight is 395 g/mol. The van der Waals surface area contributed by atoms with E-state index in [4.69, 9.17) is 0 Å². The second-order valence-corrected chi connectivity index (χ2v) is 7.01. The number of hydrogen-bond acceptors (Lipinski definition) is 5. The Morgan fingerprint density at radius 1 is 1.14 bits per heavy atom. The average Bonchev–Trinajstić information content (AvgIpc) is 2.78.